The van der Waals surface area contributed by atoms with Gasteiger partial charge in [0.2, 0.25) is 5.91 Å². The molecule has 1 heterocycles. The minimum Gasteiger partial charge on any atom is -0.336 e. The van der Waals surface area contributed by atoms with Gasteiger partial charge < -0.3 is 9.88 Å². The molecule has 0 atom stereocenters. The number of H-pyrrole nitrogens is 1. The SMILES string of the molecule is CCN(Cc1nc2ccccc2c(=O)[nH]1)C(=O)CCC1CCCCC1. The van der Waals surface area contributed by atoms with Crippen molar-refractivity contribution in [1.82, 2.24) is 14.9 Å². The molecule has 1 aliphatic rings. The Kier molecular flexibility index (Phi) is 5.84. The lowest BCUT2D eigenvalue weighted by molar-refractivity contribution is -0.132. The Labute approximate surface area is 148 Å². The van der Waals surface area contributed by atoms with Crippen LogP contribution in [0.25, 0.3) is 10.9 Å². The third kappa shape index (κ3) is 4.47. The summed E-state index contributed by atoms with van der Waals surface area (Å²) in [7, 11) is 0. The number of aromatic amines is 1. The zero-order valence-corrected chi connectivity index (χ0v) is 15.0. The van der Waals surface area contributed by atoms with Crippen molar-refractivity contribution in [1.29, 1.82) is 0 Å². The normalized spacial score (nSPS) is 15.4. The molecule has 5 heteroatoms. The molecule has 1 fully saturated rings. The molecule has 1 amide bonds. The first kappa shape index (κ1) is 17.6. The molecule has 1 saturated carbocycles. The van der Waals surface area contributed by atoms with Gasteiger partial charge in [0.05, 0.1) is 17.4 Å². The largest absolute Gasteiger partial charge is 0.336 e. The van der Waals surface area contributed by atoms with Gasteiger partial charge in [-0.2, -0.15) is 0 Å². The minimum atomic E-state index is -0.147. The minimum absolute atomic E-state index is 0.147. The lowest BCUT2D eigenvalue weighted by atomic mass is 9.86. The van der Waals surface area contributed by atoms with Gasteiger partial charge >= 0.3 is 0 Å². The molecule has 1 aliphatic carbocycles. The fourth-order valence-electron chi connectivity index (χ4n) is 3.73. The fourth-order valence-corrected chi connectivity index (χ4v) is 3.73. The van der Waals surface area contributed by atoms with Gasteiger partial charge in [-0.25, -0.2) is 4.98 Å². The molecular formula is C20H27N3O2. The van der Waals surface area contributed by atoms with E-state index in [9.17, 15) is 9.59 Å². The average molecular weight is 341 g/mol. The van der Waals surface area contributed by atoms with Gasteiger partial charge in [0, 0.05) is 13.0 Å². The Bertz CT molecular complexity index is 778. The van der Waals surface area contributed by atoms with Crippen LogP contribution in [0.4, 0.5) is 0 Å². The first-order valence-electron chi connectivity index (χ1n) is 9.43. The molecule has 25 heavy (non-hydrogen) atoms. The topological polar surface area (TPSA) is 66.1 Å². The van der Waals surface area contributed by atoms with Crippen molar-refractivity contribution in [3.63, 3.8) is 0 Å². The lowest BCUT2D eigenvalue weighted by Crippen LogP contribution is -2.32. The zero-order chi connectivity index (χ0) is 17.6. The number of benzene rings is 1. The van der Waals surface area contributed by atoms with Crippen LogP contribution in [0.2, 0.25) is 0 Å². The van der Waals surface area contributed by atoms with Crippen molar-refractivity contribution in [2.75, 3.05) is 6.54 Å². The number of carbonyl (C=O) groups is 1. The molecular weight excluding hydrogens is 314 g/mol. The van der Waals surface area contributed by atoms with E-state index in [4.69, 9.17) is 0 Å². The summed E-state index contributed by atoms with van der Waals surface area (Å²) in [4.78, 5) is 33.9. The standard InChI is InChI=1S/C20H27N3O2/c1-2-23(19(24)13-12-15-8-4-3-5-9-15)14-18-21-17-11-7-6-10-16(17)20(25)22-18/h6-7,10-11,15H,2-5,8-9,12-14H2,1H3,(H,21,22,25). The molecule has 1 aromatic carbocycles. The highest BCUT2D eigenvalue weighted by Gasteiger charge is 2.18. The van der Waals surface area contributed by atoms with E-state index in [1.165, 1.54) is 32.1 Å². The van der Waals surface area contributed by atoms with Crippen molar-refractivity contribution in [3.05, 3.63) is 40.4 Å². The molecule has 0 spiro atoms. The van der Waals surface area contributed by atoms with E-state index in [-0.39, 0.29) is 11.5 Å². The summed E-state index contributed by atoms with van der Waals surface area (Å²) >= 11 is 0. The number of carbonyl (C=O) groups excluding carboxylic acids is 1. The Balaban J connectivity index is 1.64. The van der Waals surface area contributed by atoms with Gasteiger partial charge in [0.15, 0.2) is 0 Å². The Morgan fingerprint density at radius 1 is 1.24 bits per heavy atom. The number of aromatic nitrogens is 2. The number of nitrogens with one attached hydrogen (secondary N) is 1. The maximum absolute atomic E-state index is 12.6. The van der Waals surface area contributed by atoms with Gasteiger partial charge in [0.1, 0.15) is 5.82 Å². The molecule has 0 unspecified atom stereocenters. The van der Waals surface area contributed by atoms with Crippen LogP contribution in [0.1, 0.15) is 57.7 Å². The average Bonchev–Trinajstić information content (AvgIpc) is 2.65. The lowest BCUT2D eigenvalue weighted by Gasteiger charge is -2.24. The van der Waals surface area contributed by atoms with Gasteiger partial charge in [0.25, 0.3) is 5.56 Å². The van der Waals surface area contributed by atoms with Gasteiger partial charge in [-0.3, -0.25) is 9.59 Å². The zero-order valence-electron chi connectivity index (χ0n) is 15.0. The summed E-state index contributed by atoms with van der Waals surface area (Å²) < 4.78 is 0. The van der Waals surface area contributed by atoms with Crippen molar-refractivity contribution in [2.45, 2.75) is 58.4 Å². The van der Waals surface area contributed by atoms with Gasteiger partial charge in [-0.15, -0.1) is 0 Å². The van der Waals surface area contributed by atoms with Crippen molar-refractivity contribution < 1.29 is 4.79 Å². The van der Waals surface area contributed by atoms with E-state index in [1.807, 2.05) is 25.1 Å². The summed E-state index contributed by atoms with van der Waals surface area (Å²) in [6, 6.07) is 7.28. The van der Waals surface area contributed by atoms with Crippen LogP contribution in [-0.2, 0) is 11.3 Å². The van der Waals surface area contributed by atoms with Crippen LogP contribution in [0.3, 0.4) is 0 Å². The molecule has 0 saturated heterocycles. The van der Waals surface area contributed by atoms with Crippen LogP contribution in [0.5, 0.6) is 0 Å². The number of hydrogen-bond donors (Lipinski definition) is 1. The Hall–Kier alpha value is -2.17. The number of nitrogens with zero attached hydrogens (tertiary/aromatic N) is 2. The van der Waals surface area contributed by atoms with Crippen molar-refractivity contribution in [3.8, 4) is 0 Å². The first-order chi connectivity index (χ1) is 12.2. The van der Waals surface area contributed by atoms with E-state index in [0.29, 0.717) is 42.2 Å². The first-order valence-corrected chi connectivity index (χ1v) is 9.43. The molecule has 1 aromatic heterocycles. The summed E-state index contributed by atoms with van der Waals surface area (Å²) in [5.74, 6) is 1.41. The molecule has 134 valence electrons. The van der Waals surface area contributed by atoms with Crippen molar-refractivity contribution >= 4 is 16.8 Å². The van der Waals surface area contributed by atoms with Crippen molar-refractivity contribution in [2.24, 2.45) is 5.92 Å². The monoisotopic (exact) mass is 341 g/mol. The maximum Gasteiger partial charge on any atom is 0.258 e. The van der Waals surface area contributed by atoms with E-state index < -0.39 is 0 Å². The highest BCUT2D eigenvalue weighted by Crippen LogP contribution is 2.27. The van der Waals surface area contributed by atoms with E-state index in [1.54, 1.807) is 11.0 Å². The van der Waals surface area contributed by atoms with Gasteiger partial charge in [-0.1, -0.05) is 44.2 Å². The summed E-state index contributed by atoms with van der Waals surface area (Å²) in [6.07, 6.45) is 8.05. The number of rotatable bonds is 6. The van der Waals surface area contributed by atoms with E-state index in [0.717, 1.165) is 6.42 Å². The van der Waals surface area contributed by atoms with Crippen LogP contribution in [-0.4, -0.2) is 27.3 Å². The Morgan fingerprint density at radius 3 is 2.76 bits per heavy atom. The molecule has 5 nitrogen and oxygen atoms in total. The number of hydrogen-bond acceptors (Lipinski definition) is 3. The van der Waals surface area contributed by atoms with Crippen LogP contribution >= 0.6 is 0 Å². The van der Waals surface area contributed by atoms with E-state index >= 15 is 0 Å². The second-order valence-electron chi connectivity index (χ2n) is 6.98. The predicted octanol–water partition coefficient (Wildman–Crippen LogP) is 3.63. The molecule has 0 bridgehead atoms. The van der Waals surface area contributed by atoms with Crippen LogP contribution < -0.4 is 5.56 Å². The number of amides is 1. The smallest absolute Gasteiger partial charge is 0.258 e. The highest BCUT2D eigenvalue weighted by molar-refractivity contribution is 5.77. The summed E-state index contributed by atoms with van der Waals surface area (Å²) in [5.41, 5.74) is 0.526. The third-order valence-corrected chi connectivity index (χ3v) is 5.23. The number of fused-ring (bicyclic) bond motifs is 1. The second-order valence-corrected chi connectivity index (χ2v) is 6.98. The highest BCUT2D eigenvalue weighted by atomic mass is 16.2. The number of para-hydroxylation sites is 1. The molecule has 0 aliphatic heterocycles. The molecule has 0 radical (unpaired) electrons. The molecule has 2 aromatic rings. The fraction of sp³-hybridized carbons (Fsp3) is 0.550. The predicted molar refractivity (Wildman–Crippen MR) is 99.3 cm³/mol. The van der Waals surface area contributed by atoms with Gasteiger partial charge in [-0.05, 0) is 31.4 Å². The quantitative estimate of drug-likeness (QED) is 0.872. The third-order valence-electron chi connectivity index (χ3n) is 5.23. The maximum atomic E-state index is 12.6. The molecule has 1 N–H and O–H groups in total. The second kappa shape index (κ2) is 8.28. The summed E-state index contributed by atoms with van der Waals surface area (Å²) in [6.45, 7) is 2.96. The van der Waals surface area contributed by atoms with E-state index in [2.05, 4.69) is 9.97 Å². The Morgan fingerprint density at radius 2 is 2.00 bits per heavy atom. The summed E-state index contributed by atoms with van der Waals surface area (Å²) in [5, 5.41) is 0.581. The van der Waals surface area contributed by atoms with Crippen LogP contribution in [0.15, 0.2) is 29.1 Å². The van der Waals surface area contributed by atoms with Crippen LogP contribution in [0, 0.1) is 5.92 Å². The molecule has 3 rings (SSSR count).